The fourth-order valence-corrected chi connectivity index (χ4v) is 1.63. The first-order chi connectivity index (χ1) is 5.95. The number of carbonyl (C=O) groups excluding carboxylic acids is 1. The molecule has 72 valence electrons. The summed E-state index contributed by atoms with van der Waals surface area (Å²) in [4.78, 5) is 11.2. The van der Waals surface area contributed by atoms with Gasteiger partial charge in [-0.25, -0.2) is 0 Å². The summed E-state index contributed by atoms with van der Waals surface area (Å²) in [5.74, 6) is 0.622. The van der Waals surface area contributed by atoms with Crippen molar-refractivity contribution in [2.45, 2.75) is 33.6 Å². The van der Waals surface area contributed by atoms with E-state index in [4.69, 9.17) is 0 Å². The summed E-state index contributed by atoms with van der Waals surface area (Å²) in [6.07, 6.45) is 0. The molecule has 0 fully saturated rings. The highest BCUT2D eigenvalue weighted by molar-refractivity contribution is 5.95. The Bertz CT molecular complexity index is 334. The van der Waals surface area contributed by atoms with Gasteiger partial charge in [0.1, 0.15) is 0 Å². The number of aromatic nitrogens is 1. The zero-order valence-electron chi connectivity index (χ0n) is 9.01. The third-order valence-corrected chi connectivity index (χ3v) is 2.54. The lowest BCUT2D eigenvalue weighted by Crippen LogP contribution is -2.00. The van der Waals surface area contributed by atoms with Gasteiger partial charge in [0.25, 0.3) is 0 Å². The van der Waals surface area contributed by atoms with Crippen LogP contribution in [0, 0.1) is 6.92 Å². The Morgan fingerprint density at radius 2 is 2.00 bits per heavy atom. The topological polar surface area (TPSA) is 22.0 Å². The summed E-state index contributed by atoms with van der Waals surface area (Å²) < 4.78 is 2.10. The zero-order chi connectivity index (χ0) is 10.2. The summed E-state index contributed by atoms with van der Waals surface area (Å²) in [5.41, 5.74) is 3.14. The largest absolute Gasteiger partial charge is 0.351 e. The maximum Gasteiger partial charge on any atom is 0.161 e. The third-order valence-electron chi connectivity index (χ3n) is 2.54. The van der Waals surface area contributed by atoms with Crippen LogP contribution in [0.25, 0.3) is 0 Å². The van der Waals surface area contributed by atoms with E-state index in [9.17, 15) is 4.79 Å². The molecule has 0 aliphatic carbocycles. The number of hydrogen-bond donors (Lipinski definition) is 0. The van der Waals surface area contributed by atoms with Gasteiger partial charge in [-0.15, -0.1) is 0 Å². The van der Waals surface area contributed by atoms with E-state index in [1.807, 2.05) is 20.0 Å². The summed E-state index contributed by atoms with van der Waals surface area (Å²) in [7, 11) is 2.01. The van der Waals surface area contributed by atoms with Gasteiger partial charge in [-0.1, -0.05) is 13.8 Å². The molecule has 0 bridgehead atoms. The first-order valence-corrected chi connectivity index (χ1v) is 4.62. The van der Waals surface area contributed by atoms with E-state index >= 15 is 0 Å². The van der Waals surface area contributed by atoms with Crippen molar-refractivity contribution in [2.24, 2.45) is 7.05 Å². The van der Waals surface area contributed by atoms with E-state index in [1.165, 1.54) is 5.69 Å². The first-order valence-electron chi connectivity index (χ1n) is 4.62. The smallest absolute Gasteiger partial charge is 0.161 e. The average Bonchev–Trinajstić information content (AvgIpc) is 2.29. The molecular formula is C11H17NO. The molecule has 2 nitrogen and oxygen atoms in total. The molecular weight excluding hydrogens is 162 g/mol. The fourth-order valence-electron chi connectivity index (χ4n) is 1.63. The second kappa shape index (κ2) is 3.36. The van der Waals surface area contributed by atoms with Crippen LogP contribution in [-0.2, 0) is 7.05 Å². The Labute approximate surface area is 79.6 Å². The summed E-state index contributed by atoms with van der Waals surface area (Å²) >= 11 is 0. The van der Waals surface area contributed by atoms with Gasteiger partial charge in [-0.2, -0.15) is 0 Å². The second-order valence-corrected chi connectivity index (χ2v) is 3.84. The molecule has 2 heteroatoms. The number of nitrogens with zero attached hydrogens (tertiary/aromatic N) is 1. The van der Waals surface area contributed by atoms with E-state index in [0.717, 1.165) is 11.3 Å². The normalized spacial score (nSPS) is 10.9. The standard InChI is InChI=1S/C11H17NO/c1-7(2)11-6-10(9(4)13)8(3)12(11)5/h6-7H,1-5H3. The minimum Gasteiger partial charge on any atom is -0.351 e. The van der Waals surface area contributed by atoms with Crippen molar-refractivity contribution in [3.05, 3.63) is 23.0 Å². The maximum atomic E-state index is 11.2. The SMILES string of the molecule is CC(=O)c1cc(C(C)C)n(C)c1C. The first kappa shape index (κ1) is 10.0. The molecule has 0 atom stereocenters. The highest BCUT2D eigenvalue weighted by Crippen LogP contribution is 2.21. The van der Waals surface area contributed by atoms with Crippen molar-refractivity contribution in [1.29, 1.82) is 0 Å². The third kappa shape index (κ3) is 1.67. The zero-order valence-corrected chi connectivity index (χ0v) is 9.01. The van der Waals surface area contributed by atoms with Crippen LogP contribution < -0.4 is 0 Å². The van der Waals surface area contributed by atoms with E-state index < -0.39 is 0 Å². The lowest BCUT2D eigenvalue weighted by Gasteiger charge is -2.07. The van der Waals surface area contributed by atoms with Crippen molar-refractivity contribution in [3.8, 4) is 0 Å². The number of Topliss-reactive ketones (excluding diaryl/α,β-unsaturated/α-hetero) is 1. The Balaban J connectivity index is 3.28. The Morgan fingerprint density at radius 3 is 2.23 bits per heavy atom. The highest BCUT2D eigenvalue weighted by atomic mass is 16.1. The van der Waals surface area contributed by atoms with E-state index in [0.29, 0.717) is 5.92 Å². The van der Waals surface area contributed by atoms with Crippen LogP contribution in [0.1, 0.15) is 48.4 Å². The van der Waals surface area contributed by atoms with Gasteiger partial charge in [0, 0.05) is 24.0 Å². The van der Waals surface area contributed by atoms with E-state index in [1.54, 1.807) is 6.92 Å². The van der Waals surface area contributed by atoms with Crippen molar-refractivity contribution < 1.29 is 4.79 Å². The fraction of sp³-hybridized carbons (Fsp3) is 0.545. The number of hydrogen-bond acceptors (Lipinski definition) is 1. The molecule has 0 N–H and O–H groups in total. The van der Waals surface area contributed by atoms with Crippen molar-refractivity contribution >= 4 is 5.78 Å². The van der Waals surface area contributed by atoms with Gasteiger partial charge in [0.2, 0.25) is 0 Å². The Kier molecular flexibility index (Phi) is 2.60. The Hall–Kier alpha value is -1.05. The molecule has 1 aromatic heterocycles. The molecule has 1 rings (SSSR count). The number of rotatable bonds is 2. The van der Waals surface area contributed by atoms with Crippen molar-refractivity contribution in [2.75, 3.05) is 0 Å². The quantitative estimate of drug-likeness (QED) is 0.640. The average molecular weight is 179 g/mol. The number of ketones is 1. The van der Waals surface area contributed by atoms with Gasteiger partial charge in [-0.05, 0) is 25.8 Å². The second-order valence-electron chi connectivity index (χ2n) is 3.84. The van der Waals surface area contributed by atoms with Gasteiger partial charge in [-0.3, -0.25) is 4.79 Å². The highest BCUT2D eigenvalue weighted by Gasteiger charge is 2.13. The predicted molar refractivity (Wildman–Crippen MR) is 54.2 cm³/mol. The summed E-state index contributed by atoms with van der Waals surface area (Å²) in [5, 5.41) is 0. The van der Waals surface area contributed by atoms with Crippen LogP contribution in [0.4, 0.5) is 0 Å². The van der Waals surface area contributed by atoms with Gasteiger partial charge in [0.05, 0.1) is 0 Å². The van der Waals surface area contributed by atoms with Crippen LogP contribution in [0.5, 0.6) is 0 Å². The molecule has 0 unspecified atom stereocenters. The molecule has 13 heavy (non-hydrogen) atoms. The van der Waals surface area contributed by atoms with Crippen LogP contribution in [0.3, 0.4) is 0 Å². The van der Waals surface area contributed by atoms with E-state index in [2.05, 4.69) is 18.4 Å². The predicted octanol–water partition coefficient (Wildman–Crippen LogP) is 2.66. The molecule has 0 radical (unpaired) electrons. The van der Waals surface area contributed by atoms with Crippen molar-refractivity contribution in [1.82, 2.24) is 4.57 Å². The van der Waals surface area contributed by atoms with E-state index in [-0.39, 0.29) is 5.78 Å². The molecule has 0 aliphatic rings. The molecule has 0 amide bonds. The monoisotopic (exact) mass is 179 g/mol. The maximum absolute atomic E-state index is 11.2. The Morgan fingerprint density at radius 1 is 1.46 bits per heavy atom. The molecule has 1 heterocycles. The van der Waals surface area contributed by atoms with Gasteiger partial charge < -0.3 is 4.57 Å². The van der Waals surface area contributed by atoms with Gasteiger partial charge >= 0.3 is 0 Å². The van der Waals surface area contributed by atoms with Crippen LogP contribution >= 0.6 is 0 Å². The lowest BCUT2D eigenvalue weighted by atomic mass is 10.1. The molecule has 0 spiro atoms. The number of carbonyl (C=O) groups is 1. The molecule has 0 aliphatic heterocycles. The molecule has 0 aromatic carbocycles. The minimum absolute atomic E-state index is 0.153. The van der Waals surface area contributed by atoms with Crippen LogP contribution in [0.15, 0.2) is 6.07 Å². The summed E-state index contributed by atoms with van der Waals surface area (Å²) in [6.45, 7) is 7.88. The summed E-state index contributed by atoms with van der Waals surface area (Å²) in [6, 6.07) is 2.00. The van der Waals surface area contributed by atoms with Crippen LogP contribution in [-0.4, -0.2) is 10.4 Å². The van der Waals surface area contributed by atoms with Crippen molar-refractivity contribution in [3.63, 3.8) is 0 Å². The molecule has 1 aromatic rings. The van der Waals surface area contributed by atoms with Crippen LogP contribution in [0.2, 0.25) is 0 Å². The lowest BCUT2D eigenvalue weighted by molar-refractivity contribution is 0.101. The van der Waals surface area contributed by atoms with Gasteiger partial charge in [0.15, 0.2) is 5.78 Å². The minimum atomic E-state index is 0.153. The molecule has 0 saturated carbocycles. The molecule has 0 saturated heterocycles.